The number of esters is 1. The van der Waals surface area contributed by atoms with Gasteiger partial charge in [-0.15, -0.1) is 0 Å². The summed E-state index contributed by atoms with van der Waals surface area (Å²) in [5.41, 5.74) is 5.27. The molecule has 4 nitrogen and oxygen atoms in total. The van der Waals surface area contributed by atoms with Gasteiger partial charge in [-0.25, -0.2) is 4.39 Å². The maximum absolute atomic E-state index is 13.7. The highest BCUT2D eigenvalue weighted by Gasteiger charge is 2.48. The van der Waals surface area contributed by atoms with Gasteiger partial charge in [0.1, 0.15) is 11.7 Å². The zero-order chi connectivity index (χ0) is 12.5. The molecular formula is C12H14FNO3. The van der Waals surface area contributed by atoms with Crippen LogP contribution in [0.2, 0.25) is 0 Å². The van der Waals surface area contributed by atoms with Crippen LogP contribution in [-0.2, 0) is 19.8 Å². The quantitative estimate of drug-likeness (QED) is 0.775. The Morgan fingerprint density at radius 1 is 1.59 bits per heavy atom. The molecule has 1 aromatic rings. The summed E-state index contributed by atoms with van der Waals surface area (Å²) in [6.07, 6.45) is 0. The molecule has 0 saturated carbocycles. The number of carbonyl (C=O) groups excluding carboxylic acids is 1. The van der Waals surface area contributed by atoms with E-state index in [0.717, 1.165) is 0 Å². The average Bonchev–Trinajstić information content (AvgIpc) is 2.72. The predicted molar refractivity (Wildman–Crippen MR) is 58.6 cm³/mol. The molecule has 1 fully saturated rings. The van der Waals surface area contributed by atoms with Crippen LogP contribution >= 0.6 is 0 Å². The van der Waals surface area contributed by atoms with Gasteiger partial charge >= 0.3 is 5.97 Å². The van der Waals surface area contributed by atoms with Crippen molar-refractivity contribution in [1.82, 2.24) is 0 Å². The summed E-state index contributed by atoms with van der Waals surface area (Å²) in [4.78, 5) is 11.6. The molecule has 2 atom stereocenters. The lowest BCUT2D eigenvalue weighted by Gasteiger charge is -2.28. The first kappa shape index (κ1) is 12.0. The summed E-state index contributed by atoms with van der Waals surface area (Å²) in [5, 5.41) is 0. The molecule has 0 aromatic heterocycles. The number of halogens is 1. The van der Waals surface area contributed by atoms with Crippen molar-refractivity contribution in [3.05, 3.63) is 35.6 Å². The van der Waals surface area contributed by atoms with Crippen LogP contribution in [0.5, 0.6) is 0 Å². The first-order chi connectivity index (χ1) is 8.09. The zero-order valence-corrected chi connectivity index (χ0v) is 9.48. The SMILES string of the molecule is COC(=O)[C@@H]1COC[C@]1(N)c1ccccc1F. The van der Waals surface area contributed by atoms with Crippen LogP contribution in [0.1, 0.15) is 5.56 Å². The van der Waals surface area contributed by atoms with E-state index in [4.69, 9.17) is 10.5 Å². The van der Waals surface area contributed by atoms with E-state index in [-0.39, 0.29) is 18.8 Å². The minimum Gasteiger partial charge on any atom is -0.469 e. The Bertz CT molecular complexity index is 438. The van der Waals surface area contributed by atoms with Crippen molar-refractivity contribution in [2.45, 2.75) is 5.54 Å². The standard InChI is InChI=1S/C12H14FNO3/c1-16-11(15)9-6-17-7-12(9,14)8-4-2-3-5-10(8)13/h2-5,9H,6-7,14H2,1H3/t9-,12-/m0/s1. The Morgan fingerprint density at radius 3 is 2.94 bits per heavy atom. The Balaban J connectivity index is 2.41. The number of ether oxygens (including phenoxy) is 2. The highest BCUT2D eigenvalue weighted by molar-refractivity contribution is 5.75. The van der Waals surface area contributed by atoms with Crippen molar-refractivity contribution in [2.75, 3.05) is 20.3 Å². The lowest BCUT2D eigenvalue weighted by molar-refractivity contribution is -0.147. The third-order valence-electron chi connectivity index (χ3n) is 3.11. The molecule has 2 rings (SSSR count). The smallest absolute Gasteiger partial charge is 0.313 e. The number of nitrogens with two attached hydrogens (primary N) is 1. The van der Waals surface area contributed by atoms with Gasteiger partial charge in [0.05, 0.1) is 25.9 Å². The molecule has 2 N–H and O–H groups in total. The van der Waals surface area contributed by atoms with E-state index < -0.39 is 23.2 Å². The number of benzene rings is 1. The van der Waals surface area contributed by atoms with Crippen molar-refractivity contribution >= 4 is 5.97 Å². The van der Waals surface area contributed by atoms with Gasteiger partial charge in [0.25, 0.3) is 0 Å². The van der Waals surface area contributed by atoms with Crippen molar-refractivity contribution in [2.24, 2.45) is 11.7 Å². The fourth-order valence-electron chi connectivity index (χ4n) is 2.12. The lowest BCUT2D eigenvalue weighted by atomic mass is 9.81. The molecule has 1 aliphatic heterocycles. The molecule has 0 amide bonds. The molecule has 1 aliphatic rings. The number of hydrogen-bond donors (Lipinski definition) is 1. The van der Waals surface area contributed by atoms with Gasteiger partial charge in [-0.1, -0.05) is 18.2 Å². The number of hydrogen-bond acceptors (Lipinski definition) is 4. The second-order valence-corrected chi connectivity index (χ2v) is 4.11. The van der Waals surface area contributed by atoms with Crippen LogP contribution in [0.15, 0.2) is 24.3 Å². The Morgan fingerprint density at radius 2 is 2.29 bits per heavy atom. The average molecular weight is 239 g/mol. The van der Waals surface area contributed by atoms with Crippen molar-refractivity contribution in [1.29, 1.82) is 0 Å². The van der Waals surface area contributed by atoms with Crippen LogP contribution in [0.4, 0.5) is 4.39 Å². The molecule has 1 saturated heterocycles. The van der Waals surface area contributed by atoms with Gasteiger partial charge in [0.2, 0.25) is 0 Å². The highest BCUT2D eigenvalue weighted by atomic mass is 19.1. The first-order valence-corrected chi connectivity index (χ1v) is 5.29. The van der Waals surface area contributed by atoms with Gasteiger partial charge in [0, 0.05) is 5.56 Å². The van der Waals surface area contributed by atoms with Gasteiger partial charge in [-0.2, -0.15) is 0 Å². The summed E-state index contributed by atoms with van der Waals surface area (Å²) < 4.78 is 23.6. The summed E-state index contributed by atoms with van der Waals surface area (Å²) in [7, 11) is 1.28. The van der Waals surface area contributed by atoms with Gasteiger partial charge in [-0.3, -0.25) is 4.79 Å². The lowest BCUT2D eigenvalue weighted by Crippen LogP contribution is -2.48. The van der Waals surface area contributed by atoms with Crippen molar-refractivity contribution in [3.63, 3.8) is 0 Å². The molecular weight excluding hydrogens is 225 g/mol. The van der Waals surface area contributed by atoms with E-state index in [1.54, 1.807) is 18.2 Å². The van der Waals surface area contributed by atoms with Crippen LogP contribution in [0.25, 0.3) is 0 Å². The summed E-state index contributed by atoms with van der Waals surface area (Å²) in [6.45, 7) is 0.255. The van der Waals surface area contributed by atoms with E-state index in [1.165, 1.54) is 13.2 Å². The topological polar surface area (TPSA) is 61.5 Å². The summed E-state index contributed by atoms with van der Waals surface area (Å²) >= 11 is 0. The fraction of sp³-hybridized carbons (Fsp3) is 0.417. The second-order valence-electron chi connectivity index (χ2n) is 4.11. The molecule has 0 bridgehead atoms. The largest absolute Gasteiger partial charge is 0.469 e. The second kappa shape index (κ2) is 4.43. The molecule has 0 spiro atoms. The van der Waals surface area contributed by atoms with Crippen LogP contribution in [0.3, 0.4) is 0 Å². The van der Waals surface area contributed by atoms with E-state index in [0.29, 0.717) is 0 Å². The minimum atomic E-state index is -1.15. The summed E-state index contributed by atoms with van der Waals surface area (Å²) in [5.74, 6) is -1.59. The van der Waals surface area contributed by atoms with E-state index >= 15 is 0 Å². The van der Waals surface area contributed by atoms with Crippen molar-refractivity contribution in [3.8, 4) is 0 Å². The van der Waals surface area contributed by atoms with Crippen molar-refractivity contribution < 1.29 is 18.7 Å². The molecule has 1 heterocycles. The summed E-state index contributed by atoms with van der Waals surface area (Å²) in [6, 6.07) is 6.14. The number of carbonyl (C=O) groups is 1. The molecule has 92 valence electrons. The van der Waals surface area contributed by atoms with Crippen LogP contribution in [-0.4, -0.2) is 26.3 Å². The van der Waals surface area contributed by atoms with Gasteiger partial charge < -0.3 is 15.2 Å². The minimum absolute atomic E-state index is 0.105. The molecule has 0 aliphatic carbocycles. The monoisotopic (exact) mass is 239 g/mol. The number of methoxy groups -OCH3 is 1. The van der Waals surface area contributed by atoms with Crippen LogP contribution < -0.4 is 5.73 Å². The maximum Gasteiger partial charge on any atom is 0.313 e. The van der Waals surface area contributed by atoms with Crippen LogP contribution in [0, 0.1) is 11.7 Å². The zero-order valence-electron chi connectivity index (χ0n) is 9.48. The highest BCUT2D eigenvalue weighted by Crippen LogP contribution is 2.35. The molecule has 17 heavy (non-hydrogen) atoms. The maximum atomic E-state index is 13.7. The Kier molecular flexibility index (Phi) is 3.13. The third kappa shape index (κ3) is 1.92. The van der Waals surface area contributed by atoms with E-state index in [9.17, 15) is 9.18 Å². The molecule has 5 heteroatoms. The normalized spacial score (nSPS) is 28.1. The molecule has 0 unspecified atom stereocenters. The van der Waals surface area contributed by atoms with E-state index in [2.05, 4.69) is 4.74 Å². The Hall–Kier alpha value is -1.46. The van der Waals surface area contributed by atoms with Gasteiger partial charge in [-0.05, 0) is 6.07 Å². The number of rotatable bonds is 2. The van der Waals surface area contributed by atoms with E-state index in [1.807, 2.05) is 0 Å². The molecule has 1 aromatic carbocycles. The van der Waals surface area contributed by atoms with Gasteiger partial charge in [0.15, 0.2) is 0 Å². The fourth-order valence-corrected chi connectivity index (χ4v) is 2.12. The third-order valence-corrected chi connectivity index (χ3v) is 3.11. The predicted octanol–water partition coefficient (Wildman–Crippen LogP) is 0.799. The first-order valence-electron chi connectivity index (χ1n) is 5.29. The molecule has 0 radical (unpaired) electrons. The Labute approximate surface area is 98.5 Å².